The number of likely N-dealkylation sites (N-methyl/N-ethyl adjacent to an activating group) is 1. The molecule has 3 aromatic carbocycles. The molecule has 0 saturated heterocycles. The normalized spacial score (nSPS) is 20.8. The maximum atomic E-state index is 6.29. The Hall–Kier alpha value is -2.28. The van der Waals surface area contributed by atoms with E-state index in [4.69, 9.17) is 28.2 Å². The Morgan fingerprint density at radius 2 is 1.58 bits per heavy atom. The third kappa shape index (κ3) is 4.59. The van der Waals surface area contributed by atoms with Gasteiger partial charge in [0.1, 0.15) is 0 Å². The maximum absolute atomic E-state index is 6.29. The van der Waals surface area contributed by atoms with E-state index in [0.717, 1.165) is 49.7 Å². The predicted octanol–water partition coefficient (Wildman–Crippen LogP) is 8.50. The van der Waals surface area contributed by atoms with Gasteiger partial charge in [-0.05, 0) is 77.4 Å². The molecule has 36 heavy (non-hydrogen) atoms. The van der Waals surface area contributed by atoms with Crippen LogP contribution in [0, 0.1) is 0 Å². The summed E-state index contributed by atoms with van der Waals surface area (Å²) in [5.41, 5.74) is 8.24. The highest BCUT2D eigenvalue weighted by molar-refractivity contribution is 9.10. The monoisotopic (exact) mass is 593 g/mol. The van der Waals surface area contributed by atoms with Gasteiger partial charge in [-0.2, -0.15) is 0 Å². The van der Waals surface area contributed by atoms with E-state index in [1.165, 1.54) is 22.3 Å². The highest BCUT2D eigenvalue weighted by Gasteiger charge is 2.41. The van der Waals surface area contributed by atoms with Gasteiger partial charge in [0, 0.05) is 33.0 Å². The molecule has 0 bridgehead atoms. The van der Waals surface area contributed by atoms with Gasteiger partial charge in [0.15, 0.2) is 5.17 Å². The van der Waals surface area contributed by atoms with Gasteiger partial charge in [-0.1, -0.05) is 87.3 Å². The van der Waals surface area contributed by atoms with Crippen LogP contribution in [0.3, 0.4) is 0 Å². The first-order valence-corrected chi connectivity index (χ1v) is 14.0. The van der Waals surface area contributed by atoms with Crippen LogP contribution in [0.5, 0.6) is 0 Å². The van der Waals surface area contributed by atoms with E-state index < -0.39 is 0 Å². The van der Waals surface area contributed by atoms with Crippen molar-refractivity contribution in [2.45, 2.75) is 6.04 Å². The molecule has 3 heterocycles. The number of hydrogen-bond acceptors (Lipinski definition) is 4. The lowest BCUT2D eigenvalue weighted by Crippen LogP contribution is -2.40. The summed E-state index contributed by atoms with van der Waals surface area (Å²) in [7, 11) is 2.17. The second-order valence-corrected chi connectivity index (χ2v) is 11.7. The van der Waals surface area contributed by atoms with E-state index in [9.17, 15) is 0 Å². The fourth-order valence-corrected chi connectivity index (χ4v) is 6.40. The van der Waals surface area contributed by atoms with E-state index >= 15 is 0 Å². The summed E-state index contributed by atoms with van der Waals surface area (Å²) in [6, 6.07) is 24.7. The van der Waals surface area contributed by atoms with Crippen molar-refractivity contribution in [2.24, 2.45) is 4.99 Å². The van der Waals surface area contributed by atoms with Gasteiger partial charge >= 0.3 is 0 Å². The second kappa shape index (κ2) is 9.88. The van der Waals surface area contributed by atoms with Gasteiger partial charge in [-0.25, -0.2) is 4.99 Å². The number of thioether (sulfide) groups is 1. The van der Waals surface area contributed by atoms with E-state index in [2.05, 4.69) is 92.8 Å². The van der Waals surface area contributed by atoms with Gasteiger partial charge < -0.3 is 4.90 Å². The minimum atomic E-state index is 0.0195. The zero-order valence-electron chi connectivity index (χ0n) is 19.5. The first-order chi connectivity index (χ1) is 17.5. The molecule has 3 nitrogen and oxygen atoms in total. The van der Waals surface area contributed by atoms with Crippen LogP contribution < -0.4 is 0 Å². The number of nitrogens with zero attached hydrogens (tertiary/aromatic N) is 3. The number of rotatable bonds is 3. The van der Waals surface area contributed by atoms with Crippen molar-refractivity contribution >= 4 is 67.8 Å². The van der Waals surface area contributed by atoms with Crippen LogP contribution in [0.4, 0.5) is 0 Å². The van der Waals surface area contributed by atoms with Crippen LogP contribution in [0.1, 0.15) is 22.7 Å². The van der Waals surface area contributed by atoms with Crippen LogP contribution in [-0.4, -0.2) is 35.1 Å². The van der Waals surface area contributed by atoms with Gasteiger partial charge in [0.05, 0.1) is 17.4 Å². The van der Waals surface area contributed by atoms with Gasteiger partial charge in [-0.3, -0.25) is 4.90 Å². The molecule has 0 N–H and O–H groups in total. The Labute approximate surface area is 233 Å². The first kappa shape index (κ1) is 24.1. The molecule has 180 valence electrons. The van der Waals surface area contributed by atoms with Gasteiger partial charge in [0.2, 0.25) is 0 Å². The zero-order chi connectivity index (χ0) is 24.8. The molecular weight excluding hydrogens is 573 g/mol. The minimum Gasteiger partial charge on any atom is -0.308 e. The molecule has 0 unspecified atom stereocenters. The summed E-state index contributed by atoms with van der Waals surface area (Å²) in [6.45, 7) is 1.68. The smallest absolute Gasteiger partial charge is 0.174 e. The molecule has 3 aliphatic rings. The Kier molecular flexibility index (Phi) is 6.61. The molecule has 0 radical (unpaired) electrons. The molecule has 0 amide bonds. The Balaban J connectivity index is 1.50. The average molecular weight is 595 g/mol. The molecule has 0 aliphatic carbocycles. The molecule has 3 aliphatic heterocycles. The van der Waals surface area contributed by atoms with Crippen molar-refractivity contribution in [2.75, 3.05) is 20.1 Å². The molecule has 6 rings (SSSR count). The highest BCUT2D eigenvalue weighted by Crippen LogP contribution is 2.49. The van der Waals surface area contributed by atoms with Crippen molar-refractivity contribution < 1.29 is 0 Å². The van der Waals surface area contributed by atoms with Crippen LogP contribution in [0.25, 0.3) is 11.8 Å². The molecule has 0 saturated carbocycles. The van der Waals surface area contributed by atoms with Crippen molar-refractivity contribution in [3.8, 4) is 0 Å². The van der Waals surface area contributed by atoms with Crippen molar-refractivity contribution in [3.05, 3.63) is 126 Å². The van der Waals surface area contributed by atoms with Crippen LogP contribution in [0.15, 0.2) is 105 Å². The van der Waals surface area contributed by atoms with Crippen molar-refractivity contribution in [1.29, 1.82) is 0 Å². The van der Waals surface area contributed by atoms with Crippen molar-refractivity contribution in [1.82, 2.24) is 9.80 Å². The van der Waals surface area contributed by atoms with E-state index in [0.29, 0.717) is 0 Å². The van der Waals surface area contributed by atoms with E-state index in [1.807, 2.05) is 24.3 Å². The predicted molar refractivity (Wildman–Crippen MR) is 157 cm³/mol. The van der Waals surface area contributed by atoms with Crippen LogP contribution >= 0.6 is 50.9 Å². The Bertz CT molecular complexity index is 1440. The molecule has 0 aromatic heterocycles. The van der Waals surface area contributed by atoms with Gasteiger partial charge in [-0.15, -0.1) is 0 Å². The molecule has 0 fully saturated rings. The molecule has 1 atom stereocenters. The van der Waals surface area contributed by atoms with E-state index in [-0.39, 0.29) is 6.04 Å². The third-order valence-corrected chi connectivity index (χ3v) is 8.44. The van der Waals surface area contributed by atoms with Gasteiger partial charge in [0.25, 0.3) is 0 Å². The fourth-order valence-electron chi connectivity index (χ4n) is 4.96. The lowest BCUT2D eigenvalue weighted by molar-refractivity contribution is 0.344. The fraction of sp³-hybridized carbons (Fsp3) is 0.138. The lowest BCUT2D eigenvalue weighted by Gasteiger charge is -2.42. The summed E-state index contributed by atoms with van der Waals surface area (Å²) in [4.78, 5) is 10.0. The second-order valence-electron chi connectivity index (χ2n) is 9.11. The summed E-state index contributed by atoms with van der Waals surface area (Å²) in [5.74, 6) is 0. The number of aliphatic imine (C=N–C) groups is 1. The third-order valence-electron chi connectivity index (χ3n) is 6.56. The molecule has 0 spiro atoms. The number of hydrogen-bond donors (Lipinski definition) is 0. The number of halogens is 3. The number of fused-ring (bicyclic) bond motifs is 1. The first-order valence-electron chi connectivity index (χ1n) is 11.6. The summed E-state index contributed by atoms with van der Waals surface area (Å²) < 4.78 is 1.06. The SMILES string of the molecule is CN1CC2=C(N=C3SC=C(c4ccc(Br)cc4)N3[C@H]2c2ccc(Cl)cc2)/C(=C/c2ccc(Cl)cc2)C1. The number of benzene rings is 3. The van der Waals surface area contributed by atoms with Crippen LogP contribution in [0.2, 0.25) is 10.0 Å². The topological polar surface area (TPSA) is 18.8 Å². The Morgan fingerprint density at radius 1 is 0.917 bits per heavy atom. The Morgan fingerprint density at radius 3 is 2.28 bits per heavy atom. The molecular formula is C29H22BrCl2N3S. The van der Waals surface area contributed by atoms with Crippen molar-refractivity contribution in [3.63, 3.8) is 0 Å². The largest absolute Gasteiger partial charge is 0.308 e. The molecule has 7 heteroatoms. The highest BCUT2D eigenvalue weighted by atomic mass is 79.9. The number of amidine groups is 1. The quantitative estimate of drug-likeness (QED) is 0.303. The standard InChI is InChI=1S/C29H22BrCl2N3S/c1-34-15-21(14-18-2-10-23(31)11-3-18)27-25(16-34)28(20-6-12-24(32)13-7-20)35-26(17-36-29(35)33-27)19-4-8-22(30)9-5-19/h2-14,17,28H,15-16H2,1H3/b21-14+/t28-/m0/s1. The summed E-state index contributed by atoms with van der Waals surface area (Å²) in [6.07, 6.45) is 2.24. The lowest BCUT2D eigenvalue weighted by atomic mass is 9.88. The summed E-state index contributed by atoms with van der Waals surface area (Å²) >= 11 is 17.7. The maximum Gasteiger partial charge on any atom is 0.174 e. The van der Waals surface area contributed by atoms with E-state index in [1.54, 1.807) is 11.8 Å². The van der Waals surface area contributed by atoms with Crippen LogP contribution in [-0.2, 0) is 0 Å². The zero-order valence-corrected chi connectivity index (χ0v) is 23.4. The average Bonchev–Trinajstić information content (AvgIpc) is 3.29. The minimum absolute atomic E-state index is 0.0195. The molecule has 3 aromatic rings. The summed E-state index contributed by atoms with van der Waals surface area (Å²) in [5, 5.41) is 4.69.